The van der Waals surface area contributed by atoms with Gasteiger partial charge in [0, 0.05) is 41.3 Å². The number of aromatic amines is 1. The zero-order valence-electron chi connectivity index (χ0n) is 19.0. The van der Waals surface area contributed by atoms with E-state index in [1.54, 1.807) is 12.3 Å². The van der Waals surface area contributed by atoms with Crippen LogP contribution >= 0.6 is 11.6 Å². The molecule has 6 N–H and O–H groups in total. The van der Waals surface area contributed by atoms with Gasteiger partial charge >= 0.3 is 0 Å². The van der Waals surface area contributed by atoms with E-state index in [-0.39, 0.29) is 35.6 Å². The number of amides is 1. The highest BCUT2D eigenvalue weighted by atomic mass is 35.5. The molecule has 2 fully saturated rings. The third kappa shape index (κ3) is 5.77. The van der Waals surface area contributed by atoms with Crippen LogP contribution in [0.25, 0.3) is 11.0 Å². The van der Waals surface area contributed by atoms with Crippen molar-refractivity contribution in [3.05, 3.63) is 53.3 Å². The second-order valence-corrected chi connectivity index (χ2v) is 9.32. The predicted molar refractivity (Wildman–Crippen MR) is 133 cm³/mol. The molecule has 3 heterocycles. The van der Waals surface area contributed by atoms with Gasteiger partial charge in [0.05, 0.1) is 5.02 Å². The Morgan fingerprint density at radius 2 is 2.00 bits per heavy atom. The average Bonchev–Trinajstić information content (AvgIpc) is 3.27. The standard InChI is InChI=1S/C24H31ClFN7O/c1-2-20(26)23(33-21(27)19-13-30-22-18(19)10-15(25)12-29-22)31-16-4-3-5-17(11-16)32-24(34)14-6-8-28-9-7-14/h2,10,12-14,16-17,28,31H,1,3-9,11H2,(H2,27,33)(H,29,30)(H,32,34)/b23-20+/t16-,17+/m0/s1. The number of nitrogens with zero attached hydrogens (tertiary/aromatic N) is 2. The third-order valence-electron chi connectivity index (χ3n) is 6.48. The molecule has 2 atom stereocenters. The zero-order chi connectivity index (χ0) is 24.1. The number of hydrogen-bond donors (Lipinski definition) is 5. The van der Waals surface area contributed by atoms with Crippen LogP contribution in [0.2, 0.25) is 5.02 Å². The molecular weight excluding hydrogens is 457 g/mol. The molecule has 0 aromatic carbocycles. The van der Waals surface area contributed by atoms with Gasteiger partial charge in [-0.05, 0) is 63.8 Å². The smallest absolute Gasteiger partial charge is 0.223 e. The summed E-state index contributed by atoms with van der Waals surface area (Å²) >= 11 is 6.07. The first kappa shape index (κ1) is 24.2. The number of halogens is 2. The van der Waals surface area contributed by atoms with Gasteiger partial charge in [-0.15, -0.1) is 0 Å². The Kier molecular flexibility index (Phi) is 7.84. The molecule has 2 aromatic heterocycles. The number of fused-ring (bicyclic) bond motifs is 1. The lowest BCUT2D eigenvalue weighted by molar-refractivity contribution is -0.126. The summed E-state index contributed by atoms with van der Waals surface area (Å²) in [5.74, 6) is -0.269. The first-order chi connectivity index (χ1) is 16.4. The molecule has 1 saturated carbocycles. The van der Waals surface area contributed by atoms with Crippen LogP contribution in [0.3, 0.4) is 0 Å². The van der Waals surface area contributed by atoms with Gasteiger partial charge in [-0.1, -0.05) is 18.2 Å². The van der Waals surface area contributed by atoms with Crippen molar-refractivity contribution in [3.8, 4) is 0 Å². The first-order valence-electron chi connectivity index (χ1n) is 11.7. The van der Waals surface area contributed by atoms with Crippen LogP contribution < -0.4 is 21.7 Å². The molecule has 0 radical (unpaired) electrons. The fourth-order valence-electron chi connectivity index (χ4n) is 4.67. The summed E-state index contributed by atoms with van der Waals surface area (Å²) in [6.45, 7) is 5.28. The molecule has 0 unspecified atom stereocenters. The van der Waals surface area contributed by atoms with Gasteiger partial charge in [0.15, 0.2) is 11.6 Å². The number of piperidine rings is 1. The van der Waals surface area contributed by atoms with Crippen LogP contribution in [0.4, 0.5) is 4.39 Å². The van der Waals surface area contributed by atoms with E-state index >= 15 is 0 Å². The van der Waals surface area contributed by atoms with Crippen molar-refractivity contribution < 1.29 is 9.18 Å². The minimum atomic E-state index is -0.597. The van der Waals surface area contributed by atoms with Crippen molar-refractivity contribution in [3.63, 3.8) is 0 Å². The number of rotatable bonds is 7. The fraction of sp³-hybridized carbons (Fsp3) is 0.458. The summed E-state index contributed by atoms with van der Waals surface area (Å²) in [5, 5.41) is 10.8. The SMILES string of the molecule is C=C/C(F)=C(\N=C(/N)c1c[nH]c2ncc(Cl)cc12)N[C@H]1CCC[C@@H](NC(=O)C2CCNCC2)C1. The summed E-state index contributed by atoms with van der Waals surface area (Å²) in [5.41, 5.74) is 7.44. The van der Waals surface area contributed by atoms with Crippen LogP contribution in [-0.4, -0.2) is 46.9 Å². The monoisotopic (exact) mass is 487 g/mol. The van der Waals surface area contributed by atoms with Crippen LogP contribution in [0.1, 0.15) is 44.1 Å². The molecule has 0 bridgehead atoms. The fourth-order valence-corrected chi connectivity index (χ4v) is 4.83. The lowest BCUT2D eigenvalue weighted by Crippen LogP contribution is -2.47. The second-order valence-electron chi connectivity index (χ2n) is 8.89. The topological polar surface area (TPSA) is 120 Å². The maximum Gasteiger partial charge on any atom is 0.223 e. The van der Waals surface area contributed by atoms with E-state index in [4.69, 9.17) is 17.3 Å². The highest BCUT2D eigenvalue weighted by Crippen LogP contribution is 2.24. The largest absolute Gasteiger partial charge is 0.383 e. The van der Waals surface area contributed by atoms with E-state index in [2.05, 4.69) is 37.5 Å². The van der Waals surface area contributed by atoms with Crippen molar-refractivity contribution in [2.45, 2.75) is 50.6 Å². The van der Waals surface area contributed by atoms with Crippen LogP contribution in [0.15, 0.2) is 47.8 Å². The molecule has 8 nitrogen and oxygen atoms in total. The van der Waals surface area contributed by atoms with E-state index in [1.165, 1.54) is 6.20 Å². The molecule has 1 aliphatic carbocycles. The van der Waals surface area contributed by atoms with Crippen molar-refractivity contribution in [1.29, 1.82) is 0 Å². The Balaban J connectivity index is 1.46. The summed E-state index contributed by atoms with van der Waals surface area (Å²) in [4.78, 5) is 24.3. The first-order valence-corrected chi connectivity index (χ1v) is 12.1. The molecule has 1 saturated heterocycles. The molecule has 0 spiro atoms. The maximum absolute atomic E-state index is 14.7. The van der Waals surface area contributed by atoms with E-state index in [1.807, 2.05) is 0 Å². The molecule has 2 aliphatic rings. The molecular formula is C24H31ClFN7O. The number of carbonyl (C=O) groups is 1. The summed E-state index contributed by atoms with van der Waals surface area (Å²) in [7, 11) is 0. The maximum atomic E-state index is 14.7. The van der Waals surface area contributed by atoms with Crippen molar-refractivity contribution in [1.82, 2.24) is 25.9 Å². The van der Waals surface area contributed by atoms with Crippen molar-refractivity contribution in [2.75, 3.05) is 13.1 Å². The molecule has 2 aromatic rings. The highest BCUT2D eigenvalue weighted by Gasteiger charge is 2.28. The van der Waals surface area contributed by atoms with Gasteiger partial charge in [0.2, 0.25) is 5.91 Å². The quantitative estimate of drug-likeness (QED) is 0.233. The zero-order valence-corrected chi connectivity index (χ0v) is 19.8. The molecule has 10 heteroatoms. The van der Waals surface area contributed by atoms with Crippen LogP contribution in [-0.2, 0) is 4.79 Å². The van der Waals surface area contributed by atoms with Gasteiger partial charge in [-0.2, -0.15) is 0 Å². The van der Waals surface area contributed by atoms with Gasteiger partial charge in [0.25, 0.3) is 0 Å². The van der Waals surface area contributed by atoms with E-state index in [9.17, 15) is 9.18 Å². The molecule has 182 valence electrons. The van der Waals surface area contributed by atoms with Gasteiger partial charge in [0.1, 0.15) is 11.5 Å². The number of aliphatic imine (C=N–C) groups is 1. The van der Waals surface area contributed by atoms with Crippen molar-refractivity contribution in [2.24, 2.45) is 16.6 Å². The Morgan fingerprint density at radius 1 is 1.26 bits per heavy atom. The van der Waals surface area contributed by atoms with Crippen LogP contribution in [0.5, 0.6) is 0 Å². The van der Waals surface area contributed by atoms with E-state index in [0.717, 1.165) is 51.3 Å². The number of nitrogens with two attached hydrogens (primary N) is 1. The lowest BCUT2D eigenvalue weighted by Gasteiger charge is -2.32. The number of amidine groups is 1. The third-order valence-corrected chi connectivity index (χ3v) is 6.69. The number of nitrogens with one attached hydrogen (secondary N) is 4. The van der Waals surface area contributed by atoms with Crippen molar-refractivity contribution >= 4 is 34.4 Å². The summed E-state index contributed by atoms with van der Waals surface area (Å²) < 4.78 is 14.7. The Bertz CT molecular complexity index is 1110. The number of pyridine rings is 1. The minimum absolute atomic E-state index is 0.0205. The van der Waals surface area contributed by atoms with Crippen LogP contribution in [0, 0.1) is 5.92 Å². The highest BCUT2D eigenvalue weighted by molar-refractivity contribution is 6.31. The molecule has 1 aliphatic heterocycles. The predicted octanol–water partition coefficient (Wildman–Crippen LogP) is 3.26. The molecule has 34 heavy (non-hydrogen) atoms. The number of carbonyl (C=O) groups excluding carboxylic acids is 1. The molecule has 4 rings (SSSR count). The number of allylic oxidation sites excluding steroid dienone is 2. The average molecular weight is 488 g/mol. The number of hydrogen-bond acceptors (Lipinski definition) is 5. The Labute approximate surface area is 203 Å². The van der Waals surface area contributed by atoms with Gasteiger partial charge in [-0.3, -0.25) is 4.79 Å². The Morgan fingerprint density at radius 3 is 2.74 bits per heavy atom. The van der Waals surface area contributed by atoms with E-state index in [0.29, 0.717) is 28.0 Å². The number of aromatic nitrogens is 2. The Hall–Kier alpha value is -2.91. The normalized spacial score (nSPS) is 22.8. The summed E-state index contributed by atoms with van der Waals surface area (Å²) in [6.07, 6.45) is 9.39. The lowest BCUT2D eigenvalue weighted by atomic mass is 9.89. The summed E-state index contributed by atoms with van der Waals surface area (Å²) in [6, 6.07) is 1.73. The number of H-pyrrole nitrogens is 1. The minimum Gasteiger partial charge on any atom is -0.383 e. The van der Waals surface area contributed by atoms with E-state index < -0.39 is 5.83 Å². The van der Waals surface area contributed by atoms with Gasteiger partial charge < -0.3 is 26.7 Å². The molecule has 1 amide bonds. The van der Waals surface area contributed by atoms with Gasteiger partial charge in [-0.25, -0.2) is 14.4 Å². The second kappa shape index (κ2) is 11.0.